The SMILES string of the molecule is N=C(/C=C/c1ccc(F)cc1)c1cc(-c2n[nH]c(CCCO)n2)cc(F)c1N. The van der Waals surface area contributed by atoms with Crippen molar-refractivity contribution in [3.8, 4) is 11.4 Å². The van der Waals surface area contributed by atoms with E-state index in [2.05, 4.69) is 15.2 Å². The molecule has 0 spiro atoms. The molecule has 0 aliphatic heterocycles. The minimum Gasteiger partial charge on any atom is -0.396 e. The molecule has 0 amide bonds. The zero-order valence-corrected chi connectivity index (χ0v) is 14.9. The van der Waals surface area contributed by atoms with E-state index in [1.165, 1.54) is 24.3 Å². The lowest BCUT2D eigenvalue weighted by molar-refractivity contribution is 0.287. The van der Waals surface area contributed by atoms with Gasteiger partial charge in [-0.15, -0.1) is 0 Å². The van der Waals surface area contributed by atoms with E-state index in [1.54, 1.807) is 24.3 Å². The average Bonchev–Trinajstić information content (AvgIpc) is 3.16. The fourth-order valence-electron chi connectivity index (χ4n) is 2.60. The molecule has 3 rings (SSSR count). The molecule has 144 valence electrons. The van der Waals surface area contributed by atoms with Gasteiger partial charge in [0.05, 0.1) is 11.4 Å². The predicted octanol–water partition coefficient (Wildman–Crippen LogP) is 3.34. The van der Waals surface area contributed by atoms with Crippen LogP contribution in [0.3, 0.4) is 0 Å². The number of aryl methyl sites for hydroxylation is 1. The summed E-state index contributed by atoms with van der Waals surface area (Å²) >= 11 is 0. The highest BCUT2D eigenvalue weighted by Crippen LogP contribution is 2.25. The van der Waals surface area contributed by atoms with Crippen molar-refractivity contribution in [3.05, 3.63) is 71.1 Å². The molecule has 1 heterocycles. The number of allylic oxidation sites excluding steroid dienone is 1. The van der Waals surface area contributed by atoms with Crippen molar-refractivity contribution in [1.29, 1.82) is 5.41 Å². The van der Waals surface area contributed by atoms with Gasteiger partial charge in [0.2, 0.25) is 0 Å². The van der Waals surface area contributed by atoms with E-state index in [-0.39, 0.29) is 35.2 Å². The van der Waals surface area contributed by atoms with E-state index >= 15 is 0 Å². The second-order valence-electron chi connectivity index (χ2n) is 6.15. The van der Waals surface area contributed by atoms with Gasteiger partial charge in [-0.3, -0.25) is 5.10 Å². The smallest absolute Gasteiger partial charge is 0.181 e. The highest BCUT2D eigenvalue weighted by atomic mass is 19.1. The van der Waals surface area contributed by atoms with Gasteiger partial charge in [-0.2, -0.15) is 5.10 Å². The standard InChI is InChI=1S/C20H19F2N5O/c21-14-6-3-12(4-7-14)5-8-17(23)15-10-13(11-16(22)19(15)24)20-25-18(26-27-20)2-1-9-28/h3-8,10-11,23,28H,1-2,9,24H2,(H,25,26,27)/b8-5+,23-17?. The number of aromatic amines is 1. The van der Waals surface area contributed by atoms with Crippen molar-refractivity contribution in [2.45, 2.75) is 12.8 Å². The number of nitrogens with two attached hydrogens (primary N) is 1. The number of benzene rings is 2. The van der Waals surface area contributed by atoms with Crippen molar-refractivity contribution in [1.82, 2.24) is 15.2 Å². The van der Waals surface area contributed by atoms with E-state index in [0.717, 1.165) is 0 Å². The zero-order valence-electron chi connectivity index (χ0n) is 14.9. The summed E-state index contributed by atoms with van der Waals surface area (Å²) in [6.45, 7) is 0.0359. The third-order valence-electron chi connectivity index (χ3n) is 4.09. The minimum absolute atomic E-state index is 0.00128. The molecule has 8 heteroatoms. The molecule has 0 saturated heterocycles. The molecule has 3 aromatic rings. The maximum Gasteiger partial charge on any atom is 0.181 e. The zero-order chi connectivity index (χ0) is 20.1. The Morgan fingerprint density at radius 3 is 2.68 bits per heavy atom. The molecule has 0 aliphatic carbocycles. The van der Waals surface area contributed by atoms with Crippen LogP contribution in [0.15, 0.2) is 42.5 Å². The highest BCUT2D eigenvalue weighted by Gasteiger charge is 2.14. The molecule has 6 nitrogen and oxygen atoms in total. The van der Waals surface area contributed by atoms with Crippen molar-refractivity contribution < 1.29 is 13.9 Å². The monoisotopic (exact) mass is 383 g/mol. The molecular formula is C20H19F2N5O. The maximum absolute atomic E-state index is 14.3. The molecule has 2 aromatic carbocycles. The Labute approximate surface area is 160 Å². The third-order valence-corrected chi connectivity index (χ3v) is 4.09. The van der Waals surface area contributed by atoms with Crippen LogP contribution in [0.4, 0.5) is 14.5 Å². The van der Waals surface area contributed by atoms with Gasteiger partial charge in [0, 0.05) is 24.2 Å². The van der Waals surface area contributed by atoms with E-state index in [0.29, 0.717) is 29.8 Å². The summed E-state index contributed by atoms with van der Waals surface area (Å²) in [5.41, 5.74) is 6.95. The Morgan fingerprint density at radius 2 is 1.96 bits per heavy atom. The molecule has 28 heavy (non-hydrogen) atoms. The van der Waals surface area contributed by atoms with Gasteiger partial charge < -0.3 is 16.2 Å². The summed E-state index contributed by atoms with van der Waals surface area (Å²) in [5, 5.41) is 23.9. The van der Waals surface area contributed by atoms with E-state index in [4.69, 9.17) is 16.2 Å². The number of rotatable bonds is 7. The Kier molecular flexibility index (Phi) is 5.90. The average molecular weight is 383 g/mol. The fraction of sp³-hybridized carbons (Fsp3) is 0.150. The molecule has 0 atom stereocenters. The van der Waals surface area contributed by atoms with Crippen LogP contribution in [0.25, 0.3) is 17.5 Å². The summed E-state index contributed by atoms with van der Waals surface area (Å²) in [5.74, 6) is -0.164. The van der Waals surface area contributed by atoms with Crippen LogP contribution in [-0.4, -0.2) is 32.6 Å². The van der Waals surface area contributed by atoms with Crippen LogP contribution in [0.1, 0.15) is 23.4 Å². The second-order valence-corrected chi connectivity index (χ2v) is 6.15. The maximum atomic E-state index is 14.3. The summed E-state index contributed by atoms with van der Waals surface area (Å²) in [7, 11) is 0. The third kappa shape index (κ3) is 4.47. The Bertz CT molecular complexity index is 1010. The van der Waals surface area contributed by atoms with Crippen molar-refractivity contribution in [2.24, 2.45) is 0 Å². The first-order chi connectivity index (χ1) is 13.5. The van der Waals surface area contributed by atoms with Crippen molar-refractivity contribution in [2.75, 3.05) is 12.3 Å². The molecule has 0 bridgehead atoms. The van der Waals surface area contributed by atoms with Gasteiger partial charge in [0.1, 0.15) is 17.5 Å². The molecule has 0 aliphatic rings. The molecule has 0 unspecified atom stereocenters. The number of anilines is 1. The quantitative estimate of drug-likeness (QED) is 0.370. The number of halogens is 2. The first kappa shape index (κ1) is 19.4. The van der Waals surface area contributed by atoms with Crippen LogP contribution in [-0.2, 0) is 6.42 Å². The van der Waals surface area contributed by atoms with Gasteiger partial charge >= 0.3 is 0 Å². The number of aliphatic hydroxyl groups is 1. The Balaban J connectivity index is 1.87. The van der Waals surface area contributed by atoms with Gasteiger partial charge in [-0.1, -0.05) is 18.2 Å². The second kappa shape index (κ2) is 8.53. The Hall–Kier alpha value is -3.39. The minimum atomic E-state index is -0.672. The number of nitrogens with zero attached hydrogens (tertiary/aromatic N) is 2. The molecule has 0 fully saturated rings. The van der Waals surface area contributed by atoms with Gasteiger partial charge in [-0.25, -0.2) is 13.8 Å². The molecule has 1 aromatic heterocycles. The van der Waals surface area contributed by atoms with Crippen LogP contribution in [0, 0.1) is 17.0 Å². The number of nitrogen functional groups attached to an aromatic ring is 1. The van der Waals surface area contributed by atoms with Gasteiger partial charge in [0.15, 0.2) is 5.82 Å². The van der Waals surface area contributed by atoms with E-state index < -0.39 is 5.82 Å². The fourth-order valence-corrected chi connectivity index (χ4v) is 2.60. The van der Waals surface area contributed by atoms with Crippen LogP contribution in [0.2, 0.25) is 0 Å². The van der Waals surface area contributed by atoms with Crippen molar-refractivity contribution in [3.63, 3.8) is 0 Å². The van der Waals surface area contributed by atoms with Crippen LogP contribution in [0.5, 0.6) is 0 Å². The predicted molar refractivity (Wildman–Crippen MR) is 104 cm³/mol. The topological polar surface area (TPSA) is 112 Å². The summed E-state index contributed by atoms with van der Waals surface area (Å²) < 4.78 is 27.3. The summed E-state index contributed by atoms with van der Waals surface area (Å²) in [6.07, 6.45) is 4.14. The lowest BCUT2D eigenvalue weighted by Crippen LogP contribution is -2.04. The number of hydrogen-bond acceptors (Lipinski definition) is 5. The highest BCUT2D eigenvalue weighted by molar-refractivity contribution is 6.12. The number of H-pyrrole nitrogens is 1. The lowest BCUT2D eigenvalue weighted by atomic mass is 10.0. The first-order valence-corrected chi connectivity index (χ1v) is 8.62. The van der Waals surface area contributed by atoms with Crippen LogP contribution < -0.4 is 5.73 Å². The van der Waals surface area contributed by atoms with Crippen molar-refractivity contribution >= 4 is 17.5 Å². The molecule has 0 radical (unpaired) electrons. The molecule has 0 saturated carbocycles. The molecular weight excluding hydrogens is 364 g/mol. The largest absolute Gasteiger partial charge is 0.396 e. The molecule has 5 N–H and O–H groups in total. The summed E-state index contributed by atoms with van der Waals surface area (Å²) in [4.78, 5) is 4.28. The van der Waals surface area contributed by atoms with Gasteiger partial charge in [0.25, 0.3) is 0 Å². The Morgan fingerprint density at radius 1 is 1.21 bits per heavy atom. The van der Waals surface area contributed by atoms with Crippen LogP contribution >= 0.6 is 0 Å². The normalized spacial score (nSPS) is 11.2. The lowest BCUT2D eigenvalue weighted by Gasteiger charge is -2.08. The number of nitrogens with one attached hydrogen (secondary N) is 2. The van der Waals surface area contributed by atoms with Gasteiger partial charge in [-0.05, 0) is 42.3 Å². The van der Waals surface area contributed by atoms with E-state index in [1.807, 2.05) is 0 Å². The number of aliphatic hydroxyl groups excluding tert-OH is 1. The van der Waals surface area contributed by atoms with E-state index in [9.17, 15) is 8.78 Å². The first-order valence-electron chi connectivity index (χ1n) is 8.62. The summed E-state index contributed by atoms with van der Waals surface area (Å²) in [6, 6.07) is 8.54. The number of aromatic nitrogens is 3. The number of hydrogen-bond donors (Lipinski definition) is 4.